The van der Waals surface area contributed by atoms with Crippen LogP contribution in [0.5, 0.6) is 0 Å². The van der Waals surface area contributed by atoms with Crippen LogP contribution in [0.4, 0.5) is 5.13 Å². The van der Waals surface area contributed by atoms with E-state index in [9.17, 15) is 4.79 Å². The number of anilines is 1. The van der Waals surface area contributed by atoms with E-state index in [0.29, 0.717) is 24.0 Å². The van der Waals surface area contributed by atoms with Gasteiger partial charge in [-0.15, -0.1) is 10.2 Å². The number of carbonyl (C=O) groups is 1. The highest BCUT2D eigenvalue weighted by Gasteiger charge is 2.13. The lowest BCUT2D eigenvalue weighted by Crippen LogP contribution is -2.27. The summed E-state index contributed by atoms with van der Waals surface area (Å²) in [6.45, 7) is 2.89. The summed E-state index contributed by atoms with van der Waals surface area (Å²) in [6, 6.07) is 7.50. The number of thioether (sulfide) groups is 1. The van der Waals surface area contributed by atoms with Gasteiger partial charge in [-0.1, -0.05) is 23.1 Å². The number of rotatable bonds is 8. The van der Waals surface area contributed by atoms with Crippen molar-refractivity contribution in [3.63, 3.8) is 0 Å². The van der Waals surface area contributed by atoms with Gasteiger partial charge in [-0.3, -0.25) is 4.79 Å². The third-order valence-electron chi connectivity index (χ3n) is 3.33. The Kier molecular flexibility index (Phi) is 5.77. The Morgan fingerprint density at radius 1 is 1.32 bits per heavy atom. The number of furan rings is 2. The second kappa shape index (κ2) is 8.21. The van der Waals surface area contributed by atoms with E-state index in [1.165, 1.54) is 23.1 Å². The van der Waals surface area contributed by atoms with Crippen molar-refractivity contribution in [3.8, 4) is 0 Å². The van der Waals surface area contributed by atoms with Crippen LogP contribution >= 0.6 is 23.1 Å². The lowest BCUT2D eigenvalue weighted by molar-refractivity contribution is -0.127. The number of carbonyl (C=O) groups excluding carboxylic acids is 1. The predicted molar refractivity (Wildman–Crippen MR) is 96.6 cm³/mol. The Bertz CT molecular complexity index is 813. The highest BCUT2D eigenvalue weighted by Crippen LogP contribution is 2.26. The number of nitrogens with one attached hydrogen (secondary N) is 1. The van der Waals surface area contributed by atoms with E-state index in [-0.39, 0.29) is 5.91 Å². The van der Waals surface area contributed by atoms with E-state index >= 15 is 0 Å². The van der Waals surface area contributed by atoms with Gasteiger partial charge in [0.15, 0.2) is 4.34 Å². The maximum atomic E-state index is 12.2. The highest BCUT2D eigenvalue weighted by molar-refractivity contribution is 8.01. The Labute approximate surface area is 153 Å². The van der Waals surface area contributed by atoms with Crippen molar-refractivity contribution < 1.29 is 13.6 Å². The quantitative estimate of drug-likeness (QED) is 0.601. The molecule has 1 amide bonds. The minimum absolute atomic E-state index is 0.0133. The Hall–Kier alpha value is -2.26. The van der Waals surface area contributed by atoms with Crippen molar-refractivity contribution in [1.82, 2.24) is 15.1 Å². The summed E-state index contributed by atoms with van der Waals surface area (Å²) in [5, 5.41) is 12.0. The third-order valence-corrected chi connectivity index (χ3v) is 5.33. The van der Waals surface area contributed by atoms with Crippen molar-refractivity contribution >= 4 is 34.1 Å². The molecule has 7 nitrogen and oxygen atoms in total. The first kappa shape index (κ1) is 17.6. The largest absolute Gasteiger partial charge is 0.467 e. The molecule has 0 aliphatic rings. The van der Waals surface area contributed by atoms with E-state index in [0.717, 1.165) is 21.6 Å². The number of hydrogen-bond donors (Lipinski definition) is 1. The summed E-state index contributed by atoms with van der Waals surface area (Å²) in [4.78, 5) is 13.8. The molecule has 0 aliphatic carbocycles. The minimum atomic E-state index is 0.0133. The maximum Gasteiger partial charge on any atom is 0.233 e. The van der Waals surface area contributed by atoms with E-state index < -0.39 is 0 Å². The van der Waals surface area contributed by atoms with Crippen molar-refractivity contribution in [2.24, 2.45) is 0 Å². The fraction of sp³-hybridized carbons (Fsp3) is 0.312. The van der Waals surface area contributed by atoms with E-state index in [1.54, 1.807) is 18.2 Å². The molecular formula is C16H18N4O3S2. The molecule has 0 saturated carbocycles. The van der Waals surface area contributed by atoms with Crippen LogP contribution in [0.2, 0.25) is 0 Å². The molecule has 9 heteroatoms. The molecule has 0 unspecified atom stereocenters. The van der Waals surface area contributed by atoms with Gasteiger partial charge in [0.05, 0.1) is 25.1 Å². The van der Waals surface area contributed by atoms with E-state index in [2.05, 4.69) is 15.5 Å². The molecule has 0 fully saturated rings. The topological polar surface area (TPSA) is 84.4 Å². The molecule has 0 aromatic carbocycles. The van der Waals surface area contributed by atoms with Gasteiger partial charge in [0.1, 0.15) is 17.3 Å². The molecule has 3 rings (SSSR count). The first-order chi connectivity index (χ1) is 12.1. The summed E-state index contributed by atoms with van der Waals surface area (Å²) in [5.74, 6) is 2.77. The zero-order valence-electron chi connectivity index (χ0n) is 13.9. The first-order valence-corrected chi connectivity index (χ1v) is 9.42. The third kappa shape index (κ3) is 5.10. The molecule has 0 radical (unpaired) electrons. The van der Waals surface area contributed by atoms with E-state index in [4.69, 9.17) is 8.83 Å². The van der Waals surface area contributed by atoms with Crippen molar-refractivity contribution in [1.29, 1.82) is 0 Å². The second-order valence-corrected chi connectivity index (χ2v) is 7.56. The Morgan fingerprint density at radius 2 is 2.20 bits per heavy atom. The second-order valence-electron chi connectivity index (χ2n) is 5.36. The van der Waals surface area contributed by atoms with Gasteiger partial charge < -0.3 is 19.1 Å². The minimum Gasteiger partial charge on any atom is -0.467 e. The molecule has 3 aromatic rings. The van der Waals surface area contributed by atoms with Gasteiger partial charge in [-0.2, -0.15) is 0 Å². The standard InChI is InChI=1S/C16H18N4O3S2/c1-11-5-6-13(23-11)9-20(2)14(21)10-24-16-19-18-15(25-16)17-8-12-4-3-7-22-12/h3-7H,8-10H2,1-2H3,(H,17,18). The molecule has 3 aromatic heterocycles. The molecule has 0 bridgehead atoms. The monoisotopic (exact) mass is 378 g/mol. The summed E-state index contributed by atoms with van der Waals surface area (Å²) < 4.78 is 11.5. The smallest absolute Gasteiger partial charge is 0.233 e. The van der Waals surface area contributed by atoms with Crippen LogP contribution in [0.15, 0.2) is 43.7 Å². The number of amides is 1. The van der Waals surface area contributed by atoms with Gasteiger partial charge in [0, 0.05) is 7.05 Å². The van der Waals surface area contributed by atoms with Crippen LogP contribution in [0, 0.1) is 6.92 Å². The highest BCUT2D eigenvalue weighted by atomic mass is 32.2. The van der Waals surface area contributed by atoms with Crippen LogP contribution in [-0.2, 0) is 17.9 Å². The maximum absolute atomic E-state index is 12.2. The fourth-order valence-corrected chi connectivity index (χ4v) is 3.73. The summed E-state index contributed by atoms with van der Waals surface area (Å²) in [7, 11) is 1.76. The SMILES string of the molecule is Cc1ccc(CN(C)C(=O)CSc2nnc(NCc3ccco3)s2)o1. The number of nitrogens with zero attached hydrogens (tertiary/aromatic N) is 3. The molecule has 132 valence electrons. The zero-order chi connectivity index (χ0) is 17.6. The van der Waals surface area contributed by atoms with Gasteiger partial charge in [-0.25, -0.2) is 0 Å². The molecule has 3 heterocycles. The van der Waals surface area contributed by atoms with Gasteiger partial charge >= 0.3 is 0 Å². The zero-order valence-corrected chi connectivity index (χ0v) is 15.5. The van der Waals surface area contributed by atoms with Crippen molar-refractivity contribution in [3.05, 3.63) is 47.8 Å². The average molecular weight is 378 g/mol. The molecule has 0 aliphatic heterocycles. The summed E-state index contributed by atoms with van der Waals surface area (Å²) >= 11 is 2.79. The van der Waals surface area contributed by atoms with Crippen molar-refractivity contribution in [2.45, 2.75) is 24.4 Å². The molecule has 0 saturated heterocycles. The molecular weight excluding hydrogens is 360 g/mol. The fourth-order valence-electron chi connectivity index (χ4n) is 2.04. The molecule has 1 N–H and O–H groups in total. The van der Waals surface area contributed by atoms with Crippen LogP contribution in [0.3, 0.4) is 0 Å². The van der Waals surface area contributed by atoms with Crippen LogP contribution in [0.1, 0.15) is 17.3 Å². The van der Waals surface area contributed by atoms with E-state index in [1.807, 2.05) is 31.2 Å². The van der Waals surface area contributed by atoms with Gasteiger partial charge in [0.25, 0.3) is 0 Å². The average Bonchev–Trinajstić information content (AvgIpc) is 3.33. The van der Waals surface area contributed by atoms with Crippen LogP contribution in [0.25, 0.3) is 0 Å². The molecule has 0 spiro atoms. The lowest BCUT2D eigenvalue weighted by atomic mass is 10.4. The Balaban J connectivity index is 1.44. The first-order valence-electron chi connectivity index (χ1n) is 7.62. The number of aryl methyl sites for hydroxylation is 1. The summed E-state index contributed by atoms with van der Waals surface area (Å²) in [5.41, 5.74) is 0. The van der Waals surface area contributed by atoms with Gasteiger partial charge in [-0.05, 0) is 31.2 Å². The van der Waals surface area contributed by atoms with Gasteiger partial charge in [0.2, 0.25) is 11.0 Å². The lowest BCUT2D eigenvalue weighted by Gasteiger charge is -2.14. The molecule has 0 atom stereocenters. The Morgan fingerprint density at radius 3 is 2.92 bits per heavy atom. The predicted octanol–water partition coefficient (Wildman–Crippen LogP) is 3.40. The van der Waals surface area contributed by atoms with Crippen molar-refractivity contribution in [2.75, 3.05) is 18.1 Å². The summed E-state index contributed by atoms with van der Waals surface area (Å²) in [6.07, 6.45) is 1.63. The normalized spacial score (nSPS) is 10.8. The number of aromatic nitrogens is 2. The number of hydrogen-bond acceptors (Lipinski definition) is 8. The molecule has 25 heavy (non-hydrogen) atoms. The van der Waals surface area contributed by atoms with Crippen LogP contribution in [-0.4, -0.2) is 33.8 Å². The van der Waals surface area contributed by atoms with Crippen LogP contribution < -0.4 is 5.32 Å².